The fraction of sp³-hybridized carbons (Fsp3) is 0.323. The third kappa shape index (κ3) is 5.35. The van der Waals surface area contributed by atoms with E-state index in [1.165, 1.54) is 5.56 Å². The van der Waals surface area contributed by atoms with Crippen LogP contribution in [0.15, 0.2) is 66.9 Å². The Kier molecular flexibility index (Phi) is 7.19. The van der Waals surface area contributed by atoms with Gasteiger partial charge in [-0.25, -0.2) is 4.98 Å². The summed E-state index contributed by atoms with van der Waals surface area (Å²) in [6, 6.07) is 20.2. The average molecular weight is 495 g/mol. The van der Waals surface area contributed by atoms with Crippen molar-refractivity contribution in [2.24, 2.45) is 0 Å². The van der Waals surface area contributed by atoms with Crippen LogP contribution in [-0.2, 0) is 11.2 Å². The van der Waals surface area contributed by atoms with Crippen LogP contribution in [0.1, 0.15) is 41.9 Å². The van der Waals surface area contributed by atoms with Gasteiger partial charge in [0.15, 0.2) is 5.78 Å². The summed E-state index contributed by atoms with van der Waals surface area (Å²) in [6.07, 6.45) is 3.17. The van der Waals surface area contributed by atoms with Crippen LogP contribution in [0, 0.1) is 6.92 Å². The van der Waals surface area contributed by atoms with Crippen LogP contribution in [0.25, 0.3) is 28.0 Å². The molecule has 37 heavy (non-hydrogen) atoms. The summed E-state index contributed by atoms with van der Waals surface area (Å²) in [6.45, 7) is 10.3. The maximum Gasteiger partial charge on any atom is 0.223 e. The van der Waals surface area contributed by atoms with Crippen molar-refractivity contribution in [3.8, 4) is 22.4 Å². The van der Waals surface area contributed by atoms with Gasteiger partial charge in [-0.2, -0.15) is 0 Å². The van der Waals surface area contributed by atoms with Gasteiger partial charge in [0.05, 0.1) is 11.4 Å². The zero-order valence-corrected chi connectivity index (χ0v) is 21.9. The number of likely N-dealkylation sites (N-methyl/N-ethyl adjacent to an activating group) is 1. The molecule has 6 heteroatoms. The summed E-state index contributed by atoms with van der Waals surface area (Å²) in [5, 5.41) is 0. The van der Waals surface area contributed by atoms with Gasteiger partial charge in [-0.05, 0) is 50.1 Å². The van der Waals surface area contributed by atoms with E-state index in [1.54, 1.807) is 6.92 Å². The maximum atomic E-state index is 13.1. The highest BCUT2D eigenvalue weighted by atomic mass is 16.2. The third-order valence-corrected chi connectivity index (χ3v) is 7.42. The quantitative estimate of drug-likeness (QED) is 0.328. The molecular formula is C31H34N4O2. The van der Waals surface area contributed by atoms with Crippen molar-refractivity contribution in [1.29, 1.82) is 0 Å². The van der Waals surface area contributed by atoms with Crippen LogP contribution in [-0.4, -0.2) is 63.6 Å². The van der Waals surface area contributed by atoms with Crippen molar-refractivity contribution in [2.75, 3.05) is 32.7 Å². The minimum Gasteiger partial charge on any atom is -0.340 e. The minimum absolute atomic E-state index is 0.0578. The number of aryl methyl sites for hydroxylation is 2. The molecule has 2 aromatic carbocycles. The number of hydrogen-bond donors (Lipinski definition) is 0. The van der Waals surface area contributed by atoms with E-state index >= 15 is 0 Å². The summed E-state index contributed by atoms with van der Waals surface area (Å²) in [5.41, 5.74) is 7.86. The molecule has 0 unspecified atom stereocenters. The van der Waals surface area contributed by atoms with Crippen LogP contribution in [0.5, 0.6) is 0 Å². The van der Waals surface area contributed by atoms with Gasteiger partial charge in [-0.3, -0.25) is 9.59 Å². The van der Waals surface area contributed by atoms with Crippen LogP contribution >= 0.6 is 0 Å². The van der Waals surface area contributed by atoms with Gasteiger partial charge in [0, 0.05) is 49.9 Å². The van der Waals surface area contributed by atoms with Crippen LogP contribution in [0.3, 0.4) is 0 Å². The van der Waals surface area contributed by atoms with E-state index in [2.05, 4.69) is 59.7 Å². The van der Waals surface area contributed by atoms with Gasteiger partial charge in [0.25, 0.3) is 0 Å². The molecule has 6 nitrogen and oxygen atoms in total. The topological polar surface area (TPSA) is 57.9 Å². The second kappa shape index (κ2) is 10.7. The van der Waals surface area contributed by atoms with E-state index in [0.717, 1.165) is 66.4 Å². The molecule has 2 aromatic heterocycles. The number of rotatable bonds is 7. The van der Waals surface area contributed by atoms with Crippen molar-refractivity contribution in [3.63, 3.8) is 0 Å². The molecule has 0 radical (unpaired) electrons. The average Bonchev–Trinajstić information content (AvgIpc) is 3.30. The fourth-order valence-electron chi connectivity index (χ4n) is 5.04. The lowest BCUT2D eigenvalue weighted by atomic mass is 10.0. The molecule has 0 saturated carbocycles. The molecule has 3 heterocycles. The second-order valence-corrected chi connectivity index (χ2v) is 9.87. The molecule has 0 atom stereocenters. The maximum absolute atomic E-state index is 13.1. The number of amides is 1. The Labute approximate surface area is 218 Å². The van der Waals surface area contributed by atoms with Gasteiger partial charge >= 0.3 is 0 Å². The second-order valence-electron chi connectivity index (χ2n) is 9.87. The predicted octanol–water partition coefficient (Wildman–Crippen LogP) is 5.28. The highest BCUT2D eigenvalue weighted by Gasteiger charge is 2.22. The van der Waals surface area contributed by atoms with Crippen molar-refractivity contribution in [1.82, 2.24) is 19.2 Å². The van der Waals surface area contributed by atoms with Gasteiger partial charge in [0.2, 0.25) is 5.91 Å². The lowest BCUT2D eigenvalue weighted by molar-refractivity contribution is -0.132. The Bertz CT molecular complexity index is 1410. The highest BCUT2D eigenvalue weighted by molar-refractivity contribution is 5.94. The Morgan fingerprint density at radius 1 is 0.838 bits per heavy atom. The molecule has 5 rings (SSSR count). The predicted molar refractivity (Wildman–Crippen MR) is 148 cm³/mol. The van der Waals surface area contributed by atoms with Gasteiger partial charge in [-0.15, -0.1) is 0 Å². The number of pyridine rings is 1. The lowest BCUT2D eigenvalue weighted by Gasteiger charge is -2.34. The van der Waals surface area contributed by atoms with Crippen molar-refractivity contribution in [2.45, 2.75) is 33.6 Å². The first-order valence-corrected chi connectivity index (χ1v) is 13.1. The van der Waals surface area contributed by atoms with E-state index in [1.807, 2.05) is 35.2 Å². The number of ketones is 1. The van der Waals surface area contributed by atoms with Crippen molar-refractivity contribution >= 4 is 17.3 Å². The fourth-order valence-corrected chi connectivity index (χ4v) is 5.04. The Balaban J connectivity index is 1.47. The summed E-state index contributed by atoms with van der Waals surface area (Å²) in [7, 11) is 0. The SMILES string of the molecule is CCN1CCN(C(=O)CCc2c(-c3ccc(C)cc3)nc3ccc(-c4ccc(C(C)=O)cc4)cn23)CC1. The molecular weight excluding hydrogens is 460 g/mol. The number of carbonyl (C=O) groups excluding carboxylic acids is 2. The van der Waals surface area contributed by atoms with Crippen LogP contribution in [0.2, 0.25) is 0 Å². The van der Waals surface area contributed by atoms with Crippen LogP contribution < -0.4 is 0 Å². The first-order valence-electron chi connectivity index (χ1n) is 13.1. The molecule has 1 saturated heterocycles. The van der Waals surface area contributed by atoms with Crippen LogP contribution in [0.4, 0.5) is 0 Å². The molecule has 1 aliphatic rings. The minimum atomic E-state index is 0.0578. The molecule has 190 valence electrons. The summed E-state index contributed by atoms with van der Waals surface area (Å²) in [4.78, 5) is 34.2. The highest BCUT2D eigenvalue weighted by Crippen LogP contribution is 2.29. The molecule has 0 N–H and O–H groups in total. The lowest BCUT2D eigenvalue weighted by Crippen LogP contribution is -2.48. The molecule has 1 amide bonds. The number of fused-ring (bicyclic) bond motifs is 1. The summed E-state index contributed by atoms with van der Waals surface area (Å²) >= 11 is 0. The zero-order valence-electron chi connectivity index (χ0n) is 21.9. The summed E-state index contributed by atoms with van der Waals surface area (Å²) in [5.74, 6) is 0.263. The summed E-state index contributed by atoms with van der Waals surface area (Å²) < 4.78 is 2.13. The molecule has 0 aliphatic carbocycles. The van der Waals surface area contributed by atoms with Crippen molar-refractivity contribution < 1.29 is 9.59 Å². The number of piperazine rings is 1. The molecule has 4 aromatic rings. The largest absolute Gasteiger partial charge is 0.340 e. The van der Waals surface area contributed by atoms with Gasteiger partial charge < -0.3 is 14.2 Å². The Morgan fingerprint density at radius 2 is 1.49 bits per heavy atom. The number of aromatic nitrogens is 2. The Morgan fingerprint density at radius 3 is 2.14 bits per heavy atom. The van der Waals surface area contributed by atoms with E-state index in [0.29, 0.717) is 18.4 Å². The molecule has 1 aliphatic heterocycles. The number of hydrogen-bond acceptors (Lipinski definition) is 4. The molecule has 0 bridgehead atoms. The van der Waals surface area contributed by atoms with E-state index < -0.39 is 0 Å². The molecule has 0 spiro atoms. The monoisotopic (exact) mass is 494 g/mol. The smallest absolute Gasteiger partial charge is 0.223 e. The zero-order chi connectivity index (χ0) is 25.9. The van der Waals surface area contributed by atoms with Gasteiger partial charge in [-0.1, -0.05) is 61.0 Å². The van der Waals surface area contributed by atoms with E-state index in [9.17, 15) is 9.59 Å². The Hall–Kier alpha value is -3.77. The third-order valence-electron chi connectivity index (χ3n) is 7.42. The number of carbonyl (C=O) groups is 2. The molecule has 1 fully saturated rings. The van der Waals surface area contributed by atoms with Gasteiger partial charge in [0.1, 0.15) is 5.65 Å². The van der Waals surface area contributed by atoms with Crippen molar-refractivity contribution in [3.05, 3.63) is 83.7 Å². The standard InChI is InChI=1S/C31H34N4O2/c1-4-33-17-19-34(20-18-33)30(37)16-14-28-31(26-7-5-22(2)6-8-26)32-29-15-13-27(21-35(28)29)25-11-9-24(10-12-25)23(3)36/h5-13,15,21H,4,14,16-20H2,1-3H3. The first-order chi connectivity index (χ1) is 17.9. The number of benzene rings is 2. The first kappa shape index (κ1) is 24.9. The number of nitrogens with zero attached hydrogens (tertiary/aromatic N) is 4. The van der Waals surface area contributed by atoms with E-state index in [4.69, 9.17) is 4.98 Å². The number of Topliss-reactive ketones (excluding diaryl/α,β-unsaturated/α-hetero) is 1. The number of imidazole rings is 1. The van der Waals surface area contributed by atoms with E-state index in [-0.39, 0.29) is 11.7 Å². The normalized spacial score (nSPS) is 14.3.